The molecular formula is C16H25N5S. The van der Waals surface area contributed by atoms with Gasteiger partial charge in [0.15, 0.2) is 0 Å². The van der Waals surface area contributed by atoms with Crippen LogP contribution in [0.3, 0.4) is 0 Å². The molecule has 120 valence electrons. The number of aromatic nitrogens is 2. The number of nitrogens with zero attached hydrogens (tertiary/aromatic N) is 5. The number of likely N-dealkylation sites (N-methyl/N-ethyl adjacent to an activating group) is 1. The molecule has 2 aromatic rings. The van der Waals surface area contributed by atoms with Crippen LogP contribution in [0.15, 0.2) is 11.7 Å². The molecule has 2 aromatic heterocycles. The Kier molecular flexibility index (Phi) is 4.90. The smallest absolute Gasteiger partial charge is 0.150 e. The normalized spacial score (nSPS) is 17.4. The fourth-order valence-corrected chi connectivity index (χ4v) is 3.95. The Bertz CT molecular complexity index is 624. The van der Waals surface area contributed by atoms with Gasteiger partial charge in [-0.05, 0) is 44.9 Å². The zero-order valence-corrected chi connectivity index (χ0v) is 14.6. The number of hydrogen-bond donors (Lipinski definition) is 0. The zero-order chi connectivity index (χ0) is 15.5. The molecule has 22 heavy (non-hydrogen) atoms. The summed E-state index contributed by atoms with van der Waals surface area (Å²) in [7, 11) is 4.28. The van der Waals surface area contributed by atoms with Gasteiger partial charge in [0.05, 0.1) is 10.2 Å². The lowest BCUT2D eigenvalue weighted by Crippen LogP contribution is -2.35. The Hall–Kier alpha value is -1.24. The van der Waals surface area contributed by atoms with E-state index in [4.69, 9.17) is 0 Å². The average molecular weight is 319 g/mol. The molecule has 1 aliphatic heterocycles. The third-order valence-corrected chi connectivity index (χ3v) is 5.35. The summed E-state index contributed by atoms with van der Waals surface area (Å²) < 4.78 is 1.24. The second-order valence-corrected chi connectivity index (χ2v) is 7.16. The average Bonchev–Trinajstić information content (AvgIpc) is 2.74. The van der Waals surface area contributed by atoms with Crippen LogP contribution in [0.25, 0.3) is 10.2 Å². The van der Waals surface area contributed by atoms with Crippen molar-refractivity contribution in [3.63, 3.8) is 0 Å². The van der Waals surface area contributed by atoms with Gasteiger partial charge in [-0.25, -0.2) is 9.97 Å². The Morgan fingerprint density at radius 2 is 2.05 bits per heavy atom. The highest BCUT2D eigenvalue weighted by molar-refractivity contribution is 7.18. The molecule has 1 aliphatic rings. The van der Waals surface area contributed by atoms with Crippen molar-refractivity contribution in [3.05, 3.63) is 17.3 Å². The van der Waals surface area contributed by atoms with Gasteiger partial charge in [0, 0.05) is 32.7 Å². The molecule has 1 fully saturated rings. The molecule has 0 spiro atoms. The molecule has 0 amide bonds. The Morgan fingerprint density at radius 1 is 1.18 bits per heavy atom. The third kappa shape index (κ3) is 3.39. The van der Waals surface area contributed by atoms with Gasteiger partial charge in [0.25, 0.3) is 0 Å². The van der Waals surface area contributed by atoms with Crippen molar-refractivity contribution < 1.29 is 0 Å². The third-order valence-electron chi connectivity index (χ3n) is 4.26. The first-order valence-electron chi connectivity index (χ1n) is 7.96. The van der Waals surface area contributed by atoms with Gasteiger partial charge in [-0.15, -0.1) is 11.3 Å². The lowest BCUT2D eigenvalue weighted by molar-refractivity contribution is 0.254. The van der Waals surface area contributed by atoms with Crippen LogP contribution in [-0.2, 0) is 0 Å². The van der Waals surface area contributed by atoms with Crippen LogP contribution in [0.1, 0.15) is 12.0 Å². The Labute approximate surface area is 136 Å². The molecule has 0 aromatic carbocycles. The largest absolute Gasteiger partial charge is 0.354 e. The first kappa shape index (κ1) is 15.6. The van der Waals surface area contributed by atoms with Gasteiger partial charge in [-0.3, -0.25) is 0 Å². The predicted octanol–water partition coefficient (Wildman–Crippen LogP) is 2.07. The van der Waals surface area contributed by atoms with Crippen LogP contribution in [0, 0.1) is 6.92 Å². The van der Waals surface area contributed by atoms with Gasteiger partial charge in [0.2, 0.25) is 0 Å². The SMILES string of the molecule is Cc1csc2c(N3CCCN(CCN(C)C)CC3)ncnc12. The molecule has 0 aliphatic carbocycles. The van der Waals surface area contributed by atoms with E-state index in [2.05, 4.69) is 51.1 Å². The maximum Gasteiger partial charge on any atom is 0.150 e. The molecule has 3 heterocycles. The molecule has 1 saturated heterocycles. The van der Waals surface area contributed by atoms with E-state index in [1.54, 1.807) is 17.7 Å². The summed E-state index contributed by atoms with van der Waals surface area (Å²) in [5.74, 6) is 1.12. The minimum Gasteiger partial charge on any atom is -0.354 e. The highest BCUT2D eigenvalue weighted by atomic mass is 32.1. The van der Waals surface area contributed by atoms with Crippen molar-refractivity contribution >= 4 is 27.4 Å². The van der Waals surface area contributed by atoms with Gasteiger partial charge in [-0.2, -0.15) is 0 Å². The van der Waals surface area contributed by atoms with Gasteiger partial charge < -0.3 is 14.7 Å². The fourth-order valence-electron chi connectivity index (χ4n) is 2.93. The van der Waals surface area contributed by atoms with Crippen molar-refractivity contribution in [1.82, 2.24) is 19.8 Å². The summed E-state index contributed by atoms with van der Waals surface area (Å²) >= 11 is 1.77. The molecule has 0 N–H and O–H groups in total. The van der Waals surface area contributed by atoms with Crippen LogP contribution in [-0.4, -0.2) is 73.1 Å². The Morgan fingerprint density at radius 3 is 2.86 bits per heavy atom. The minimum atomic E-state index is 1.05. The predicted molar refractivity (Wildman–Crippen MR) is 94.0 cm³/mol. The molecule has 0 saturated carbocycles. The van der Waals surface area contributed by atoms with Crippen LogP contribution in [0.4, 0.5) is 5.82 Å². The molecule has 0 unspecified atom stereocenters. The quantitative estimate of drug-likeness (QED) is 0.862. The number of fused-ring (bicyclic) bond motifs is 1. The summed E-state index contributed by atoms with van der Waals surface area (Å²) in [4.78, 5) is 16.3. The van der Waals surface area contributed by atoms with Crippen molar-refractivity contribution in [2.24, 2.45) is 0 Å². The van der Waals surface area contributed by atoms with E-state index in [0.717, 1.165) is 44.1 Å². The zero-order valence-electron chi connectivity index (χ0n) is 13.7. The standard InChI is InChI=1S/C16H25N5S/c1-13-11-22-15-14(13)17-12-18-16(15)21-6-4-5-20(9-10-21)8-7-19(2)3/h11-12H,4-10H2,1-3H3. The maximum absolute atomic E-state index is 4.58. The summed E-state index contributed by atoms with van der Waals surface area (Å²) in [6, 6.07) is 0. The molecule has 0 radical (unpaired) electrons. The van der Waals surface area contributed by atoms with Crippen LogP contribution >= 0.6 is 11.3 Å². The second-order valence-electron chi connectivity index (χ2n) is 6.28. The van der Waals surface area contributed by atoms with Crippen LogP contribution in [0.2, 0.25) is 0 Å². The fraction of sp³-hybridized carbons (Fsp3) is 0.625. The Balaban J connectivity index is 1.72. The second kappa shape index (κ2) is 6.89. The van der Waals surface area contributed by atoms with Crippen molar-refractivity contribution in [1.29, 1.82) is 0 Å². The van der Waals surface area contributed by atoms with E-state index in [9.17, 15) is 0 Å². The van der Waals surface area contributed by atoms with E-state index >= 15 is 0 Å². The van der Waals surface area contributed by atoms with E-state index in [-0.39, 0.29) is 0 Å². The number of aryl methyl sites for hydroxylation is 1. The monoisotopic (exact) mass is 319 g/mol. The number of hydrogen-bond acceptors (Lipinski definition) is 6. The highest BCUT2D eigenvalue weighted by Crippen LogP contribution is 2.31. The van der Waals surface area contributed by atoms with Gasteiger partial charge >= 0.3 is 0 Å². The van der Waals surface area contributed by atoms with Gasteiger partial charge in [0.1, 0.15) is 12.1 Å². The number of thiophene rings is 1. The van der Waals surface area contributed by atoms with Crippen molar-refractivity contribution in [2.75, 3.05) is 58.3 Å². The summed E-state index contributed by atoms with van der Waals surface area (Å²) in [5.41, 5.74) is 2.37. The minimum absolute atomic E-state index is 1.05. The molecule has 0 atom stereocenters. The topological polar surface area (TPSA) is 35.5 Å². The maximum atomic E-state index is 4.58. The molecule has 3 rings (SSSR count). The number of rotatable bonds is 4. The van der Waals surface area contributed by atoms with Crippen LogP contribution in [0.5, 0.6) is 0 Å². The summed E-state index contributed by atoms with van der Waals surface area (Å²) in [5, 5.41) is 2.18. The lowest BCUT2D eigenvalue weighted by atomic mass is 10.3. The summed E-state index contributed by atoms with van der Waals surface area (Å²) in [6.07, 6.45) is 2.91. The molecular weight excluding hydrogens is 294 g/mol. The van der Waals surface area contributed by atoms with E-state index < -0.39 is 0 Å². The van der Waals surface area contributed by atoms with Crippen molar-refractivity contribution in [3.8, 4) is 0 Å². The molecule has 6 heteroatoms. The van der Waals surface area contributed by atoms with Crippen LogP contribution < -0.4 is 4.90 Å². The first-order chi connectivity index (χ1) is 10.6. The number of anilines is 1. The summed E-state index contributed by atoms with van der Waals surface area (Å²) in [6.45, 7) is 8.84. The van der Waals surface area contributed by atoms with E-state index in [0.29, 0.717) is 0 Å². The lowest BCUT2D eigenvalue weighted by Gasteiger charge is -2.23. The van der Waals surface area contributed by atoms with E-state index in [1.807, 2.05) is 0 Å². The molecule has 0 bridgehead atoms. The molecule has 5 nitrogen and oxygen atoms in total. The van der Waals surface area contributed by atoms with Gasteiger partial charge in [-0.1, -0.05) is 0 Å². The highest BCUT2D eigenvalue weighted by Gasteiger charge is 2.19. The van der Waals surface area contributed by atoms with E-state index in [1.165, 1.54) is 23.2 Å². The first-order valence-corrected chi connectivity index (χ1v) is 8.84. The van der Waals surface area contributed by atoms with Crippen molar-refractivity contribution in [2.45, 2.75) is 13.3 Å².